The van der Waals surface area contributed by atoms with Gasteiger partial charge in [-0.15, -0.1) is 0 Å². The predicted molar refractivity (Wildman–Crippen MR) is 194 cm³/mol. The van der Waals surface area contributed by atoms with Crippen molar-refractivity contribution in [2.45, 2.75) is 51.2 Å². The van der Waals surface area contributed by atoms with Crippen molar-refractivity contribution in [1.29, 1.82) is 0 Å². The van der Waals surface area contributed by atoms with Gasteiger partial charge in [-0.25, -0.2) is 0 Å². The SMILES string of the molecule is CC(=O)N1CCC[C@H]1C(=O)Nc1ccc(/C=C/c2ccc(NC(=O)[C@@H]3CCCN3C(=O)c3ccccc3NCc3ccccc3)cc2)cc1. The van der Waals surface area contributed by atoms with Gasteiger partial charge in [0, 0.05) is 43.6 Å². The maximum Gasteiger partial charge on any atom is 0.256 e. The van der Waals surface area contributed by atoms with Crippen molar-refractivity contribution < 1.29 is 19.2 Å². The largest absolute Gasteiger partial charge is 0.380 e. The number of rotatable bonds is 10. The third-order valence-corrected chi connectivity index (χ3v) is 9.08. The van der Waals surface area contributed by atoms with Crippen LogP contribution in [-0.2, 0) is 20.9 Å². The first kappa shape index (κ1) is 33.2. The molecule has 0 bridgehead atoms. The van der Waals surface area contributed by atoms with Crippen LogP contribution in [0.3, 0.4) is 0 Å². The Labute approximate surface area is 287 Å². The van der Waals surface area contributed by atoms with Gasteiger partial charge in [0.25, 0.3) is 5.91 Å². The third kappa shape index (κ3) is 8.24. The van der Waals surface area contributed by atoms with E-state index in [0.29, 0.717) is 49.4 Å². The molecule has 250 valence electrons. The van der Waals surface area contributed by atoms with E-state index in [4.69, 9.17) is 0 Å². The van der Waals surface area contributed by atoms with Crippen molar-refractivity contribution >= 4 is 52.8 Å². The van der Waals surface area contributed by atoms with E-state index in [2.05, 4.69) is 16.0 Å². The number of nitrogens with zero attached hydrogens (tertiary/aromatic N) is 2. The molecule has 2 heterocycles. The minimum atomic E-state index is -0.548. The topological polar surface area (TPSA) is 111 Å². The first-order chi connectivity index (χ1) is 23.9. The molecule has 4 aromatic carbocycles. The summed E-state index contributed by atoms with van der Waals surface area (Å²) < 4.78 is 0. The van der Waals surface area contributed by atoms with E-state index in [1.54, 1.807) is 9.80 Å². The van der Waals surface area contributed by atoms with Crippen molar-refractivity contribution in [3.05, 3.63) is 125 Å². The van der Waals surface area contributed by atoms with Crippen LogP contribution in [-0.4, -0.2) is 58.6 Å². The molecule has 0 unspecified atom stereocenters. The van der Waals surface area contributed by atoms with E-state index in [9.17, 15) is 19.2 Å². The van der Waals surface area contributed by atoms with Crippen LogP contribution in [0.5, 0.6) is 0 Å². The molecule has 0 aromatic heterocycles. The lowest BCUT2D eigenvalue weighted by atomic mass is 10.1. The predicted octanol–water partition coefficient (Wildman–Crippen LogP) is 6.66. The van der Waals surface area contributed by atoms with Crippen LogP contribution in [0.2, 0.25) is 0 Å². The molecule has 0 spiro atoms. The molecule has 2 aliphatic rings. The Morgan fingerprint density at radius 3 is 1.73 bits per heavy atom. The number of amides is 4. The fourth-order valence-electron chi connectivity index (χ4n) is 6.47. The first-order valence-corrected chi connectivity index (χ1v) is 16.8. The zero-order valence-electron chi connectivity index (χ0n) is 27.6. The second-order valence-electron chi connectivity index (χ2n) is 12.5. The monoisotopic (exact) mass is 655 g/mol. The Balaban J connectivity index is 1.02. The smallest absolute Gasteiger partial charge is 0.256 e. The molecule has 49 heavy (non-hydrogen) atoms. The molecule has 0 aliphatic carbocycles. The van der Waals surface area contributed by atoms with Gasteiger partial charge in [-0.2, -0.15) is 0 Å². The van der Waals surface area contributed by atoms with Crippen LogP contribution in [0, 0.1) is 0 Å². The Morgan fingerprint density at radius 1 is 0.653 bits per heavy atom. The quantitative estimate of drug-likeness (QED) is 0.166. The van der Waals surface area contributed by atoms with Gasteiger partial charge in [-0.05, 0) is 78.8 Å². The molecular formula is C40H41N5O4. The third-order valence-electron chi connectivity index (χ3n) is 9.08. The number of hydrogen-bond donors (Lipinski definition) is 3. The van der Waals surface area contributed by atoms with Gasteiger partial charge in [0.2, 0.25) is 17.7 Å². The van der Waals surface area contributed by atoms with Crippen LogP contribution in [0.25, 0.3) is 12.2 Å². The molecule has 4 aromatic rings. The highest BCUT2D eigenvalue weighted by molar-refractivity contribution is 6.04. The molecule has 2 fully saturated rings. The number of likely N-dealkylation sites (tertiary alicyclic amines) is 2. The molecule has 6 rings (SSSR count). The Hall–Kier alpha value is -5.70. The van der Waals surface area contributed by atoms with Gasteiger partial charge >= 0.3 is 0 Å². The Kier molecular flexibility index (Phi) is 10.5. The standard InChI is InChI=1S/C40H41N5O4/c1-28(46)44-25-7-13-36(44)38(47)42-32-21-17-29(18-22-32)15-16-30-19-23-33(24-20-30)43-39(48)37-14-8-26-45(37)40(49)34-11-5-6-12-35(34)41-27-31-9-3-2-4-10-31/h2-6,9-12,15-24,36-37,41H,7-8,13-14,25-27H2,1H3,(H,42,47)(H,43,48)/b16-15+/t36-,37-/m0/s1. The average Bonchev–Trinajstić information content (AvgIpc) is 3.83. The van der Waals surface area contributed by atoms with E-state index in [-0.39, 0.29) is 23.6 Å². The molecule has 2 saturated heterocycles. The summed E-state index contributed by atoms with van der Waals surface area (Å²) in [4.78, 5) is 54.9. The zero-order chi connectivity index (χ0) is 34.2. The van der Waals surface area contributed by atoms with Crippen LogP contribution in [0.1, 0.15) is 59.7 Å². The summed E-state index contributed by atoms with van der Waals surface area (Å²) in [7, 11) is 0. The fourth-order valence-corrected chi connectivity index (χ4v) is 6.47. The lowest BCUT2D eigenvalue weighted by molar-refractivity contribution is -0.134. The van der Waals surface area contributed by atoms with E-state index in [1.165, 1.54) is 6.92 Å². The number of hydrogen-bond acceptors (Lipinski definition) is 5. The van der Waals surface area contributed by atoms with Gasteiger partial charge in [0.05, 0.1) is 5.56 Å². The zero-order valence-corrected chi connectivity index (χ0v) is 27.6. The molecule has 9 nitrogen and oxygen atoms in total. The summed E-state index contributed by atoms with van der Waals surface area (Å²) in [5.74, 6) is -0.588. The van der Waals surface area contributed by atoms with Gasteiger partial charge < -0.3 is 25.8 Å². The molecular weight excluding hydrogens is 614 g/mol. The maximum atomic E-state index is 13.7. The van der Waals surface area contributed by atoms with Gasteiger partial charge in [-0.3, -0.25) is 19.2 Å². The summed E-state index contributed by atoms with van der Waals surface area (Å²) in [5.41, 5.74) is 5.68. The lowest BCUT2D eigenvalue weighted by Gasteiger charge is -2.25. The second kappa shape index (κ2) is 15.5. The van der Waals surface area contributed by atoms with Crippen molar-refractivity contribution in [2.24, 2.45) is 0 Å². The average molecular weight is 656 g/mol. The molecule has 0 radical (unpaired) electrons. The number of para-hydroxylation sites is 1. The number of benzene rings is 4. The van der Waals surface area contributed by atoms with Crippen LogP contribution >= 0.6 is 0 Å². The summed E-state index contributed by atoms with van der Waals surface area (Å²) in [6, 6.07) is 31.6. The normalized spacial score (nSPS) is 17.2. The van der Waals surface area contributed by atoms with E-state index < -0.39 is 12.1 Å². The summed E-state index contributed by atoms with van der Waals surface area (Å²) in [6.45, 7) is 3.24. The Bertz CT molecular complexity index is 1820. The maximum absolute atomic E-state index is 13.7. The van der Waals surface area contributed by atoms with E-state index in [1.807, 2.05) is 115 Å². The van der Waals surface area contributed by atoms with E-state index in [0.717, 1.165) is 35.2 Å². The highest BCUT2D eigenvalue weighted by Crippen LogP contribution is 2.26. The van der Waals surface area contributed by atoms with Gasteiger partial charge in [-0.1, -0.05) is 78.9 Å². The molecule has 2 aliphatic heterocycles. The van der Waals surface area contributed by atoms with Crippen molar-refractivity contribution in [3.8, 4) is 0 Å². The second-order valence-corrected chi connectivity index (χ2v) is 12.5. The van der Waals surface area contributed by atoms with Crippen LogP contribution < -0.4 is 16.0 Å². The van der Waals surface area contributed by atoms with Gasteiger partial charge in [0.1, 0.15) is 12.1 Å². The number of carbonyl (C=O) groups excluding carboxylic acids is 4. The van der Waals surface area contributed by atoms with E-state index >= 15 is 0 Å². The highest BCUT2D eigenvalue weighted by Gasteiger charge is 2.35. The molecule has 4 amide bonds. The summed E-state index contributed by atoms with van der Waals surface area (Å²) in [5, 5.41) is 9.32. The minimum Gasteiger partial charge on any atom is -0.380 e. The van der Waals surface area contributed by atoms with Crippen molar-refractivity contribution in [2.75, 3.05) is 29.0 Å². The Morgan fingerprint density at radius 2 is 1.16 bits per heavy atom. The summed E-state index contributed by atoms with van der Waals surface area (Å²) >= 11 is 0. The minimum absolute atomic E-state index is 0.0776. The molecule has 9 heteroatoms. The van der Waals surface area contributed by atoms with Gasteiger partial charge in [0.15, 0.2) is 0 Å². The molecule has 2 atom stereocenters. The number of carbonyl (C=O) groups is 4. The number of anilines is 3. The van der Waals surface area contributed by atoms with Crippen molar-refractivity contribution in [3.63, 3.8) is 0 Å². The highest BCUT2D eigenvalue weighted by atomic mass is 16.2. The van der Waals surface area contributed by atoms with Crippen LogP contribution in [0.15, 0.2) is 103 Å². The fraction of sp³-hybridized carbons (Fsp3) is 0.250. The number of nitrogens with one attached hydrogen (secondary N) is 3. The van der Waals surface area contributed by atoms with Crippen molar-refractivity contribution in [1.82, 2.24) is 9.80 Å². The molecule has 0 saturated carbocycles. The summed E-state index contributed by atoms with van der Waals surface area (Å²) in [6.07, 6.45) is 6.83. The first-order valence-electron chi connectivity index (χ1n) is 16.8. The van der Waals surface area contributed by atoms with Crippen LogP contribution in [0.4, 0.5) is 17.1 Å². The molecule has 3 N–H and O–H groups in total. The lowest BCUT2D eigenvalue weighted by Crippen LogP contribution is -2.43.